The van der Waals surface area contributed by atoms with Gasteiger partial charge in [0, 0.05) is 24.4 Å². The number of carbonyl (C=O) groups excluding carboxylic acids is 1. The fourth-order valence-corrected chi connectivity index (χ4v) is 3.27. The molecule has 26 heavy (non-hydrogen) atoms. The number of nitrogens with zero attached hydrogens (tertiary/aromatic N) is 3. The highest BCUT2D eigenvalue weighted by Crippen LogP contribution is 2.31. The van der Waals surface area contributed by atoms with Gasteiger partial charge in [-0.1, -0.05) is 18.2 Å². The predicted octanol–water partition coefficient (Wildman–Crippen LogP) is 1.31. The molecule has 2 heterocycles. The van der Waals surface area contributed by atoms with Crippen LogP contribution < -0.4 is 22.1 Å². The van der Waals surface area contributed by atoms with Crippen LogP contribution in [-0.2, 0) is 4.74 Å². The number of benzene rings is 1. The summed E-state index contributed by atoms with van der Waals surface area (Å²) in [5.41, 5.74) is 11.2. The molecule has 3 aromatic rings. The molecule has 0 unspecified atom stereocenters. The van der Waals surface area contributed by atoms with Gasteiger partial charge in [-0.25, -0.2) is 0 Å². The lowest BCUT2D eigenvalue weighted by Gasteiger charge is -2.12. The number of anilines is 3. The Morgan fingerprint density at radius 2 is 2.15 bits per heavy atom. The van der Waals surface area contributed by atoms with E-state index in [9.17, 15) is 4.79 Å². The van der Waals surface area contributed by atoms with Crippen LogP contribution in [-0.4, -0.2) is 47.4 Å². The van der Waals surface area contributed by atoms with E-state index in [0.29, 0.717) is 13.2 Å². The number of carbonyl (C=O) groups is 1. The molecule has 0 saturated heterocycles. The summed E-state index contributed by atoms with van der Waals surface area (Å²) in [7, 11) is 1.58. The molecule has 1 aromatic carbocycles. The molecule has 2 aromatic heterocycles. The van der Waals surface area contributed by atoms with Gasteiger partial charge in [0.15, 0.2) is 11.5 Å². The molecule has 0 radical (unpaired) electrons. The molecule has 0 aliphatic rings. The Kier molecular flexibility index (Phi) is 5.56. The largest absolute Gasteiger partial charge is 0.383 e. The van der Waals surface area contributed by atoms with E-state index in [1.54, 1.807) is 7.11 Å². The number of aromatic nitrogens is 3. The number of primary amides is 1. The molecule has 136 valence electrons. The summed E-state index contributed by atoms with van der Waals surface area (Å²) in [6, 6.07) is 9.70. The second-order valence-electron chi connectivity index (χ2n) is 5.57. The number of thiophene rings is 1. The molecule has 9 nitrogen and oxygen atoms in total. The number of ether oxygens (including phenoxy) is 1. The van der Waals surface area contributed by atoms with E-state index in [-0.39, 0.29) is 23.5 Å². The molecule has 0 aliphatic carbocycles. The van der Waals surface area contributed by atoms with Gasteiger partial charge in [-0.05, 0) is 17.5 Å². The SMILES string of the molecule is COC[C@H](N)CNc1nnc(C(N)=O)c(Nc2cc3ccccc3s2)n1. The lowest BCUT2D eigenvalue weighted by atomic mass is 10.3. The molecule has 0 spiro atoms. The van der Waals surface area contributed by atoms with Crippen molar-refractivity contribution in [1.82, 2.24) is 15.2 Å². The molecular formula is C16H19N7O2S. The number of hydrogen-bond acceptors (Lipinski definition) is 9. The van der Waals surface area contributed by atoms with E-state index in [2.05, 4.69) is 25.8 Å². The van der Waals surface area contributed by atoms with E-state index in [1.807, 2.05) is 30.3 Å². The van der Waals surface area contributed by atoms with Crippen molar-refractivity contribution in [3.05, 3.63) is 36.0 Å². The van der Waals surface area contributed by atoms with E-state index in [1.165, 1.54) is 11.3 Å². The smallest absolute Gasteiger partial charge is 0.273 e. The highest BCUT2D eigenvalue weighted by molar-refractivity contribution is 7.22. The monoisotopic (exact) mass is 373 g/mol. The van der Waals surface area contributed by atoms with Crippen LogP contribution in [0.4, 0.5) is 16.8 Å². The molecule has 0 fully saturated rings. The van der Waals surface area contributed by atoms with E-state index in [0.717, 1.165) is 15.1 Å². The van der Waals surface area contributed by atoms with Crippen LogP contribution in [0.15, 0.2) is 30.3 Å². The molecule has 3 rings (SSSR count). The highest BCUT2D eigenvalue weighted by Gasteiger charge is 2.16. The maximum Gasteiger partial charge on any atom is 0.273 e. The molecule has 10 heteroatoms. The number of methoxy groups -OCH3 is 1. The van der Waals surface area contributed by atoms with Crippen molar-refractivity contribution < 1.29 is 9.53 Å². The number of nitrogens with two attached hydrogens (primary N) is 2. The van der Waals surface area contributed by atoms with Gasteiger partial charge < -0.3 is 26.8 Å². The number of amides is 1. The highest BCUT2D eigenvalue weighted by atomic mass is 32.1. The fraction of sp³-hybridized carbons (Fsp3) is 0.250. The van der Waals surface area contributed by atoms with Crippen LogP contribution in [0.3, 0.4) is 0 Å². The quantitative estimate of drug-likeness (QED) is 0.463. The minimum atomic E-state index is -0.712. The fourth-order valence-electron chi connectivity index (χ4n) is 2.31. The number of hydrogen-bond donors (Lipinski definition) is 4. The maximum absolute atomic E-state index is 11.6. The van der Waals surface area contributed by atoms with Crippen LogP contribution in [0, 0.1) is 0 Å². The normalized spacial score (nSPS) is 12.1. The van der Waals surface area contributed by atoms with Crippen LogP contribution in [0.25, 0.3) is 10.1 Å². The molecule has 6 N–H and O–H groups in total. The summed E-state index contributed by atoms with van der Waals surface area (Å²) in [6.07, 6.45) is 0. The third kappa shape index (κ3) is 4.23. The zero-order valence-corrected chi connectivity index (χ0v) is 14.9. The van der Waals surface area contributed by atoms with E-state index in [4.69, 9.17) is 16.2 Å². The van der Waals surface area contributed by atoms with Crippen molar-refractivity contribution >= 4 is 44.1 Å². The third-order valence-corrected chi connectivity index (χ3v) is 4.52. The van der Waals surface area contributed by atoms with Crippen molar-refractivity contribution in [2.45, 2.75) is 6.04 Å². The number of fused-ring (bicyclic) bond motifs is 1. The first-order valence-electron chi connectivity index (χ1n) is 7.85. The second kappa shape index (κ2) is 8.04. The van der Waals surface area contributed by atoms with Crippen LogP contribution >= 0.6 is 11.3 Å². The first kappa shape index (κ1) is 18.0. The van der Waals surface area contributed by atoms with Gasteiger partial charge in [-0.3, -0.25) is 4.79 Å². The summed E-state index contributed by atoms with van der Waals surface area (Å²) >= 11 is 1.53. The Hall–Kier alpha value is -2.82. The van der Waals surface area contributed by atoms with Crippen molar-refractivity contribution in [1.29, 1.82) is 0 Å². The minimum Gasteiger partial charge on any atom is -0.383 e. The minimum absolute atomic E-state index is 0.0332. The zero-order valence-electron chi connectivity index (χ0n) is 14.1. The average Bonchev–Trinajstić information content (AvgIpc) is 3.02. The van der Waals surface area contributed by atoms with Crippen molar-refractivity contribution in [2.75, 3.05) is 30.9 Å². The molecular weight excluding hydrogens is 354 g/mol. The predicted molar refractivity (Wildman–Crippen MR) is 102 cm³/mol. The van der Waals surface area contributed by atoms with Gasteiger partial charge in [-0.2, -0.15) is 4.98 Å². The zero-order chi connectivity index (χ0) is 18.5. The lowest BCUT2D eigenvalue weighted by Crippen LogP contribution is -2.34. The Balaban J connectivity index is 1.83. The van der Waals surface area contributed by atoms with Crippen LogP contribution in [0.1, 0.15) is 10.5 Å². The van der Waals surface area contributed by atoms with E-state index < -0.39 is 5.91 Å². The van der Waals surface area contributed by atoms with Crippen LogP contribution in [0.5, 0.6) is 0 Å². The number of rotatable bonds is 8. The molecule has 0 aliphatic heterocycles. The molecule has 0 saturated carbocycles. The first-order chi connectivity index (χ1) is 12.6. The molecule has 1 amide bonds. The summed E-state index contributed by atoms with van der Waals surface area (Å²) in [5, 5.41) is 15.7. The van der Waals surface area contributed by atoms with Gasteiger partial charge in [0.05, 0.1) is 11.6 Å². The summed E-state index contributed by atoms with van der Waals surface area (Å²) in [4.78, 5) is 15.9. The third-order valence-electron chi connectivity index (χ3n) is 3.49. The summed E-state index contributed by atoms with van der Waals surface area (Å²) in [5.74, 6) is -0.233. The van der Waals surface area contributed by atoms with Gasteiger partial charge in [0.25, 0.3) is 5.91 Å². The Bertz CT molecular complexity index is 882. The topological polar surface area (TPSA) is 141 Å². The van der Waals surface area contributed by atoms with Gasteiger partial charge in [0.2, 0.25) is 5.95 Å². The van der Waals surface area contributed by atoms with Gasteiger partial charge in [0.1, 0.15) is 0 Å². The van der Waals surface area contributed by atoms with Crippen molar-refractivity contribution in [3.63, 3.8) is 0 Å². The lowest BCUT2D eigenvalue weighted by molar-refractivity contribution is 0.0995. The summed E-state index contributed by atoms with van der Waals surface area (Å²) in [6.45, 7) is 0.792. The molecule has 0 bridgehead atoms. The first-order valence-corrected chi connectivity index (χ1v) is 8.67. The van der Waals surface area contributed by atoms with Crippen molar-refractivity contribution in [2.24, 2.45) is 11.5 Å². The van der Waals surface area contributed by atoms with Crippen molar-refractivity contribution in [3.8, 4) is 0 Å². The van der Waals surface area contributed by atoms with Crippen LogP contribution in [0.2, 0.25) is 0 Å². The van der Waals surface area contributed by atoms with Gasteiger partial charge in [-0.15, -0.1) is 21.5 Å². The summed E-state index contributed by atoms with van der Waals surface area (Å²) < 4.78 is 6.09. The number of nitrogens with one attached hydrogen (secondary N) is 2. The average molecular weight is 373 g/mol. The molecule has 1 atom stereocenters. The van der Waals surface area contributed by atoms with Gasteiger partial charge >= 0.3 is 0 Å². The Morgan fingerprint density at radius 1 is 1.35 bits per heavy atom. The van der Waals surface area contributed by atoms with E-state index >= 15 is 0 Å². The Morgan fingerprint density at radius 3 is 2.88 bits per heavy atom. The second-order valence-corrected chi connectivity index (χ2v) is 6.65. The Labute approximate surface area is 153 Å². The standard InChI is InChI=1S/C16H19N7O2S/c1-25-8-10(17)7-19-16-21-15(13(14(18)24)22-23-16)20-12-6-9-4-2-3-5-11(9)26-12/h2-6,10H,7-8,17H2,1H3,(H2,18,24)(H2,19,20,21,23)/t10-/m1/s1. The maximum atomic E-state index is 11.6.